The Morgan fingerprint density at radius 2 is 2.27 bits per heavy atom. The SMILES string of the molecule is C[C@H]1Oc2cccc(F)c2NC(=O)[C@H]1N. The Kier molecular flexibility index (Phi) is 2.32. The van der Waals surface area contributed by atoms with Crippen molar-refractivity contribution in [1.82, 2.24) is 0 Å². The third-order valence-corrected chi connectivity index (χ3v) is 2.34. The van der Waals surface area contributed by atoms with Crippen LogP contribution in [0.4, 0.5) is 10.1 Å². The summed E-state index contributed by atoms with van der Waals surface area (Å²) in [4.78, 5) is 11.5. The van der Waals surface area contributed by atoms with Gasteiger partial charge in [-0.05, 0) is 19.1 Å². The van der Waals surface area contributed by atoms with Gasteiger partial charge in [-0.1, -0.05) is 6.07 Å². The summed E-state index contributed by atoms with van der Waals surface area (Å²) < 4.78 is 18.7. The molecule has 2 rings (SSSR count). The van der Waals surface area contributed by atoms with Crippen LogP contribution in [0.2, 0.25) is 0 Å². The molecule has 0 saturated carbocycles. The van der Waals surface area contributed by atoms with Gasteiger partial charge in [-0.2, -0.15) is 0 Å². The zero-order valence-corrected chi connectivity index (χ0v) is 8.16. The van der Waals surface area contributed by atoms with Crippen molar-refractivity contribution in [3.63, 3.8) is 0 Å². The Morgan fingerprint density at radius 3 is 3.00 bits per heavy atom. The van der Waals surface area contributed by atoms with Gasteiger partial charge in [0.1, 0.15) is 23.6 Å². The molecule has 5 heteroatoms. The molecule has 15 heavy (non-hydrogen) atoms. The average Bonchev–Trinajstić information content (AvgIpc) is 2.30. The van der Waals surface area contributed by atoms with Crippen LogP contribution in [0.1, 0.15) is 6.92 Å². The molecule has 1 amide bonds. The lowest BCUT2D eigenvalue weighted by molar-refractivity contribution is -0.118. The number of nitrogens with two attached hydrogens (primary N) is 1. The fourth-order valence-electron chi connectivity index (χ4n) is 1.42. The predicted octanol–water partition coefficient (Wildman–Crippen LogP) is 0.872. The van der Waals surface area contributed by atoms with Crippen molar-refractivity contribution in [2.75, 3.05) is 5.32 Å². The first-order valence-corrected chi connectivity index (χ1v) is 4.61. The van der Waals surface area contributed by atoms with E-state index in [1.807, 2.05) is 0 Å². The standard InChI is InChI=1S/C10H11FN2O2/c1-5-8(12)10(14)13-9-6(11)3-2-4-7(9)15-5/h2-5,8H,12H2,1H3,(H,13,14)/t5-,8+/m1/s1. The van der Waals surface area contributed by atoms with Gasteiger partial charge in [-0.3, -0.25) is 4.79 Å². The van der Waals surface area contributed by atoms with Crippen molar-refractivity contribution in [2.45, 2.75) is 19.1 Å². The third kappa shape index (κ3) is 1.66. The Morgan fingerprint density at radius 1 is 1.53 bits per heavy atom. The van der Waals surface area contributed by atoms with E-state index in [2.05, 4.69) is 5.32 Å². The van der Waals surface area contributed by atoms with Crippen molar-refractivity contribution < 1.29 is 13.9 Å². The van der Waals surface area contributed by atoms with Gasteiger partial charge in [0.25, 0.3) is 0 Å². The Labute approximate surface area is 86.2 Å². The summed E-state index contributed by atoms with van der Waals surface area (Å²) in [6.45, 7) is 1.67. The van der Waals surface area contributed by atoms with Crippen molar-refractivity contribution in [3.8, 4) is 5.75 Å². The molecule has 4 nitrogen and oxygen atoms in total. The van der Waals surface area contributed by atoms with Crippen LogP contribution in [0.15, 0.2) is 18.2 Å². The number of benzene rings is 1. The van der Waals surface area contributed by atoms with Crippen LogP contribution in [-0.4, -0.2) is 18.1 Å². The number of ether oxygens (including phenoxy) is 1. The third-order valence-electron chi connectivity index (χ3n) is 2.34. The van der Waals surface area contributed by atoms with Gasteiger partial charge < -0.3 is 15.8 Å². The van der Waals surface area contributed by atoms with E-state index in [0.29, 0.717) is 5.75 Å². The maximum Gasteiger partial charge on any atom is 0.245 e. The van der Waals surface area contributed by atoms with Gasteiger partial charge in [-0.15, -0.1) is 0 Å². The van der Waals surface area contributed by atoms with E-state index >= 15 is 0 Å². The van der Waals surface area contributed by atoms with Crippen molar-refractivity contribution in [1.29, 1.82) is 0 Å². The van der Waals surface area contributed by atoms with E-state index < -0.39 is 23.9 Å². The summed E-state index contributed by atoms with van der Waals surface area (Å²) in [6, 6.07) is 3.57. The first-order chi connectivity index (χ1) is 7.09. The molecule has 2 atom stereocenters. The average molecular weight is 210 g/mol. The molecule has 0 bridgehead atoms. The van der Waals surface area contributed by atoms with Gasteiger partial charge in [0.2, 0.25) is 5.91 Å². The van der Waals surface area contributed by atoms with E-state index in [4.69, 9.17) is 10.5 Å². The summed E-state index contributed by atoms with van der Waals surface area (Å²) in [7, 11) is 0. The van der Waals surface area contributed by atoms with E-state index in [9.17, 15) is 9.18 Å². The van der Waals surface area contributed by atoms with Gasteiger partial charge in [0.15, 0.2) is 5.82 Å². The van der Waals surface area contributed by atoms with Gasteiger partial charge in [-0.25, -0.2) is 4.39 Å². The fourth-order valence-corrected chi connectivity index (χ4v) is 1.42. The van der Waals surface area contributed by atoms with Crippen LogP contribution in [-0.2, 0) is 4.79 Å². The van der Waals surface area contributed by atoms with Gasteiger partial charge in [0.05, 0.1) is 0 Å². The topological polar surface area (TPSA) is 64.3 Å². The number of hydrogen-bond acceptors (Lipinski definition) is 3. The Balaban J connectivity index is 2.47. The van der Waals surface area contributed by atoms with E-state index in [1.54, 1.807) is 13.0 Å². The minimum atomic E-state index is -0.795. The van der Waals surface area contributed by atoms with Crippen LogP contribution in [0.25, 0.3) is 0 Å². The molecule has 0 fully saturated rings. The molecule has 0 spiro atoms. The number of amides is 1. The highest BCUT2D eigenvalue weighted by Crippen LogP contribution is 2.30. The lowest BCUT2D eigenvalue weighted by Crippen LogP contribution is -2.44. The molecule has 0 radical (unpaired) electrons. The molecule has 80 valence electrons. The molecule has 1 aliphatic rings. The minimum Gasteiger partial charge on any atom is -0.486 e. The molecular formula is C10H11FN2O2. The highest BCUT2D eigenvalue weighted by Gasteiger charge is 2.28. The zero-order valence-electron chi connectivity index (χ0n) is 8.16. The normalized spacial score (nSPS) is 24.9. The molecular weight excluding hydrogens is 199 g/mol. The largest absolute Gasteiger partial charge is 0.486 e. The summed E-state index contributed by atoms with van der Waals surface area (Å²) in [6.07, 6.45) is -0.479. The lowest BCUT2D eigenvalue weighted by atomic mass is 10.2. The number of rotatable bonds is 0. The van der Waals surface area contributed by atoms with Crippen LogP contribution in [0.3, 0.4) is 0 Å². The molecule has 0 aliphatic carbocycles. The van der Waals surface area contributed by atoms with Crippen molar-refractivity contribution in [3.05, 3.63) is 24.0 Å². The molecule has 1 aromatic carbocycles. The second kappa shape index (κ2) is 3.51. The highest BCUT2D eigenvalue weighted by molar-refractivity contribution is 5.97. The van der Waals surface area contributed by atoms with E-state index in [0.717, 1.165) is 0 Å². The smallest absolute Gasteiger partial charge is 0.245 e. The lowest BCUT2D eigenvalue weighted by Gasteiger charge is -2.15. The molecule has 1 aliphatic heterocycles. The number of hydrogen-bond donors (Lipinski definition) is 2. The Hall–Kier alpha value is -1.62. The number of anilines is 1. The highest BCUT2D eigenvalue weighted by atomic mass is 19.1. The van der Waals surface area contributed by atoms with Crippen molar-refractivity contribution >= 4 is 11.6 Å². The van der Waals surface area contributed by atoms with Gasteiger partial charge in [0, 0.05) is 0 Å². The van der Waals surface area contributed by atoms with Crippen LogP contribution < -0.4 is 15.8 Å². The predicted molar refractivity (Wildman–Crippen MR) is 53.1 cm³/mol. The summed E-state index contributed by atoms with van der Waals surface area (Å²) >= 11 is 0. The number of para-hydroxylation sites is 1. The first kappa shape index (κ1) is 9.92. The number of carbonyl (C=O) groups excluding carboxylic acids is 1. The summed E-state index contributed by atoms with van der Waals surface area (Å²) in [5.74, 6) is -0.655. The van der Waals surface area contributed by atoms with E-state index in [1.165, 1.54) is 12.1 Å². The van der Waals surface area contributed by atoms with Crippen LogP contribution >= 0.6 is 0 Å². The molecule has 1 heterocycles. The first-order valence-electron chi connectivity index (χ1n) is 4.61. The number of carbonyl (C=O) groups is 1. The Bertz CT molecular complexity index is 408. The van der Waals surface area contributed by atoms with Crippen LogP contribution in [0, 0.1) is 5.82 Å². The number of nitrogens with one attached hydrogen (secondary N) is 1. The quantitative estimate of drug-likeness (QED) is 0.667. The van der Waals surface area contributed by atoms with Gasteiger partial charge >= 0.3 is 0 Å². The second-order valence-corrected chi connectivity index (χ2v) is 3.45. The minimum absolute atomic E-state index is 0.0577. The molecule has 0 unspecified atom stereocenters. The molecule has 0 aromatic heterocycles. The van der Waals surface area contributed by atoms with Crippen molar-refractivity contribution in [2.24, 2.45) is 5.73 Å². The molecule has 1 aromatic rings. The fraction of sp³-hybridized carbons (Fsp3) is 0.300. The number of fused-ring (bicyclic) bond motifs is 1. The van der Waals surface area contributed by atoms with Crippen LogP contribution in [0.5, 0.6) is 5.75 Å². The monoisotopic (exact) mass is 210 g/mol. The second-order valence-electron chi connectivity index (χ2n) is 3.45. The maximum atomic E-state index is 13.3. The number of halogens is 1. The summed E-state index contributed by atoms with van der Waals surface area (Å²) in [5, 5.41) is 2.41. The van der Waals surface area contributed by atoms with E-state index in [-0.39, 0.29) is 5.69 Å². The zero-order chi connectivity index (χ0) is 11.0. The molecule has 3 N–H and O–H groups in total. The maximum absolute atomic E-state index is 13.3. The summed E-state index contributed by atoms with van der Waals surface area (Å²) in [5.41, 5.74) is 5.65. The molecule has 0 saturated heterocycles.